The van der Waals surface area contributed by atoms with Crippen LogP contribution in [0.15, 0.2) is 18.5 Å². The number of ether oxygens (including phenoxy) is 2. The Morgan fingerprint density at radius 3 is 2.32 bits per heavy atom. The van der Waals surface area contributed by atoms with E-state index in [0.717, 1.165) is 19.5 Å². The highest BCUT2D eigenvalue weighted by Crippen LogP contribution is 2.32. The van der Waals surface area contributed by atoms with Gasteiger partial charge in [-0.15, -0.1) is 0 Å². The molecule has 0 aliphatic heterocycles. The number of carbonyl (C=O) groups excluding carboxylic acids is 2. The van der Waals surface area contributed by atoms with Crippen LogP contribution in [0.5, 0.6) is 0 Å². The highest BCUT2D eigenvalue weighted by atomic mass is 19.4. The van der Waals surface area contributed by atoms with Gasteiger partial charge in [0.25, 0.3) is 0 Å². The van der Waals surface area contributed by atoms with Gasteiger partial charge < -0.3 is 14.8 Å². The van der Waals surface area contributed by atoms with Gasteiger partial charge in [-0.3, -0.25) is 5.32 Å². The molecule has 1 rings (SSSR count). The van der Waals surface area contributed by atoms with Crippen molar-refractivity contribution in [2.75, 3.05) is 19.0 Å². The molecule has 0 aliphatic carbocycles. The van der Waals surface area contributed by atoms with Gasteiger partial charge in [0.1, 0.15) is 0 Å². The summed E-state index contributed by atoms with van der Waals surface area (Å²) < 4.78 is 48.8. The van der Waals surface area contributed by atoms with E-state index >= 15 is 0 Å². The zero-order valence-corrected chi connectivity index (χ0v) is 11.6. The third-order valence-corrected chi connectivity index (χ3v) is 2.35. The molecule has 0 fully saturated rings. The third-order valence-electron chi connectivity index (χ3n) is 2.35. The number of aromatic nitrogens is 2. The van der Waals surface area contributed by atoms with E-state index in [1.165, 1.54) is 18.3 Å². The Balaban J connectivity index is 3.26. The number of anilines is 1. The first-order valence-electron chi connectivity index (χ1n) is 5.92. The van der Waals surface area contributed by atoms with Crippen molar-refractivity contribution in [3.63, 3.8) is 0 Å². The molecule has 0 bridgehead atoms. The number of alkyl halides is 3. The smallest absolute Gasteiger partial charge is 0.442 e. The molecule has 0 radical (unpaired) electrons. The number of amides is 1. The van der Waals surface area contributed by atoms with E-state index in [-0.39, 0.29) is 6.61 Å². The molecule has 122 valence electrons. The van der Waals surface area contributed by atoms with Crippen LogP contribution in [-0.2, 0) is 14.3 Å². The predicted molar refractivity (Wildman–Crippen MR) is 66.6 cm³/mol. The van der Waals surface area contributed by atoms with Gasteiger partial charge in [-0.25, -0.2) is 19.6 Å². The molecule has 1 atom stereocenters. The van der Waals surface area contributed by atoms with Crippen molar-refractivity contribution in [2.24, 2.45) is 0 Å². The summed E-state index contributed by atoms with van der Waals surface area (Å²) >= 11 is 0. The van der Waals surface area contributed by atoms with Gasteiger partial charge in [0, 0.05) is 12.4 Å². The van der Waals surface area contributed by atoms with E-state index in [1.54, 1.807) is 5.32 Å². The Hall–Kier alpha value is -2.59. The number of nitrogens with one attached hydrogen (secondary N) is 2. The van der Waals surface area contributed by atoms with E-state index in [4.69, 9.17) is 0 Å². The quantitative estimate of drug-likeness (QED) is 0.617. The van der Waals surface area contributed by atoms with Crippen LogP contribution in [-0.4, -0.2) is 47.6 Å². The lowest BCUT2D eigenvalue weighted by molar-refractivity contribution is -0.204. The first-order valence-corrected chi connectivity index (χ1v) is 5.92. The van der Waals surface area contributed by atoms with Crippen molar-refractivity contribution in [1.29, 1.82) is 0 Å². The third kappa shape index (κ3) is 3.74. The average Bonchev–Trinajstić information content (AvgIpc) is 2.45. The van der Waals surface area contributed by atoms with Crippen LogP contribution in [0.1, 0.15) is 6.92 Å². The molecule has 8 nitrogen and oxygen atoms in total. The molecule has 0 aliphatic rings. The van der Waals surface area contributed by atoms with Crippen LogP contribution in [0, 0.1) is 0 Å². The molecule has 0 saturated carbocycles. The number of hydrogen-bond donors (Lipinski definition) is 2. The molecule has 22 heavy (non-hydrogen) atoms. The second-order valence-corrected chi connectivity index (χ2v) is 3.78. The predicted octanol–water partition coefficient (Wildman–Crippen LogP) is 1.07. The van der Waals surface area contributed by atoms with Crippen molar-refractivity contribution in [3.05, 3.63) is 18.5 Å². The minimum Gasteiger partial charge on any atom is -0.466 e. The highest BCUT2D eigenvalue weighted by molar-refractivity contribution is 5.89. The molecule has 1 aromatic heterocycles. The van der Waals surface area contributed by atoms with Crippen LogP contribution in [0.4, 0.5) is 23.9 Å². The molecular formula is C11H13F3N4O4. The Kier molecular flexibility index (Phi) is 5.49. The number of carbonyl (C=O) groups is 2. The molecule has 0 saturated heterocycles. The Labute approximate surface area is 123 Å². The maximum absolute atomic E-state index is 13.4. The molecule has 11 heteroatoms. The molecule has 0 aromatic carbocycles. The molecular weight excluding hydrogens is 309 g/mol. The first-order chi connectivity index (χ1) is 10.3. The minimum atomic E-state index is -5.26. The van der Waals surface area contributed by atoms with Crippen LogP contribution >= 0.6 is 0 Å². The molecule has 1 heterocycles. The number of esters is 1. The van der Waals surface area contributed by atoms with Crippen molar-refractivity contribution in [3.8, 4) is 0 Å². The van der Waals surface area contributed by atoms with Crippen molar-refractivity contribution in [2.45, 2.75) is 18.8 Å². The standard InChI is InChI=1S/C11H13F3N4O4/c1-3-22-9(20)18-10(7(19)21-2,11(12,13)14)17-8-15-5-4-6-16-8/h4-6H,3H2,1-2H3,(H,18,20)(H,15,16,17). The van der Waals surface area contributed by atoms with Gasteiger partial charge in [0.2, 0.25) is 5.95 Å². The van der Waals surface area contributed by atoms with Gasteiger partial charge in [-0.05, 0) is 13.0 Å². The van der Waals surface area contributed by atoms with Gasteiger partial charge in [-0.1, -0.05) is 0 Å². The van der Waals surface area contributed by atoms with Gasteiger partial charge in [0.15, 0.2) is 0 Å². The van der Waals surface area contributed by atoms with Crippen molar-refractivity contribution < 1.29 is 32.2 Å². The summed E-state index contributed by atoms with van der Waals surface area (Å²) in [4.78, 5) is 30.1. The lowest BCUT2D eigenvalue weighted by Crippen LogP contribution is -2.69. The van der Waals surface area contributed by atoms with E-state index < -0.39 is 29.9 Å². The number of nitrogens with zero attached hydrogens (tertiary/aromatic N) is 2. The van der Waals surface area contributed by atoms with Crippen LogP contribution in [0.2, 0.25) is 0 Å². The lowest BCUT2D eigenvalue weighted by atomic mass is 10.1. The second-order valence-electron chi connectivity index (χ2n) is 3.78. The fraction of sp³-hybridized carbons (Fsp3) is 0.455. The van der Waals surface area contributed by atoms with E-state index in [9.17, 15) is 22.8 Å². The van der Waals surface area contributed by atoms with Gasteiger partial charge in [0.05, 0.1) is 13.7 Å². The normalized spacial score (nSPS) is 13.7. The van der Waals surface area contributed by atoms with Gasteiger partial charge in [-0.2, -0.15) is 13.2 Å². The fourth-order valence-electron chi connectivity index (χ4n) is 1.40. The zero-order chi connectivity index (χ0) is 16.8. The average molecular weight is 322 g/mol. The zero-order valence-electron chi connectivity index (χ0n) is 11.6. The summed E-state index contributed by atoms with van der Waals surface area (Å²) in [5.41, 5.74) is -3.59. The second kappa shape index (κ2) is 6.91. The summed E-state index contributed by atoms with van der Waals surface area (Å²) in [5.74, 6) is -2.34. The van der Waals surface area contributed by atoms with E-state index in [0.29, 0.717) is 0 Å². The lowest BCUT2D eigenvalue weighted by Gasteiger charge is -2.33. The number of hydrogen-bond acceptors (Lipinski definition) is 7. The summed E-state index contributed by atoms with van der Waals surface area (Å²) in [6.07, 6.45) is -4.42. The fourth-order valence-corrected chi connectivity index (χ4v) is 1.40. The number of alkyl carbamates (subject to hydrolysis) is 1. The molecule has 1 amide bonds. The van der Waals surface area contributed by atoms with Gasteiger partial charge >= 0.3 is 23.9 Å². The summed E-state index contributed by atoms with van der Waals surface area (Å²) in [6.45, 7) is 1.20. The highest BCUT2D eigenvalue weighted by Gasteiger charge is 2.64. The Morgan fingerprint density at radius 2 is 1.86 bits per heavy atom. The number of methoxy groups -OCH3 is 1. The first kappa shape index (κ1) is 17.5. The maximum Gasteiger partial charge on any atom is 0.442 e. The molecule has 2 N–H and O–H groups in total. The topological polar surface area (TPSA) is 102 Å². The Morgan fingerprint density at radius 1 is 1.27 bits per heavy atom. The molecule has 1 aromatic rings. The van der Waals surface area contributed by atoms with Crippen molar-refractivity contribution >= 4 is 18.0 Å². The number of halogens is 3. The SMILES string of the molecule is CCOC(=O)NC(Nc1ncccn1)(C(=O)OC)C(F)(F)F. The number of rotatable bonds is 5. The van der Waals surface area contributed by atoms with E-state index in [2.05, 4.69) is 19.4 Å². The Bertz CT molecular complexity index is 526. The van der Waals surface area contributed by atoms with Crippen LogP contribution in [0.3, 0.4) is 0 Å². The van der Waals surface area contributed by atoms with Crippen LogP contribution in [0.25, 0.3) is 0 Å². The largest absolute Gasteiger partial charge is 0.466 e. The molecule has 1 unspecified atom stereocenters. The summed E-state index contributed by atoms with van der Waals surface area (Å²) in [5, 5.41) is 3.16. The monoisotopic (exact) mass is 322 g/mol. The summed E-state index contributed by atoms with van der Waals surface area (Å²) in [6, 6.07) is 1.36. The maximum atomic E-state index is 13.4. The molecule has 0 spiro atoms. The summed E-state index contributed by atoms with van der Waals surface area (Å²) in [7, 11) is 0.739. The van der Waals surface area contributed by atoms with E-state index in [1.807, 2.05) is 0 Å². The van der Waals surface area contributed by atoms with Crippen LogP contribution < -0.4 is 10.6 Å². The minimum absolute atomic E-state index is 0.192. The van der Waals surface area contributed by atoms with Crippen molar-refractivity contribution in [1.82, 2.24) is 15.3 Å².